The number of rotatable bonds is 2. The second-order valence-electron chi connectivity index (χ2n) is 5.53. The topological polar surface area (TPSA) is 67.9 Å². The lowest BCUT2D eigenvalue weighted by atomic mass is 10.1. The Labute approximate surface area is 139 Å². The Bertz CT molecular complexity index is 1040. The smallest absolute Gasteiger partial charge is 0.358 e. The molecule has 0 amide bonds. The van der Waals surface area contributed by atoms with Crippen molar-refractivity contribution in [2.24, 2.45) is 0 Å². The Kier molecular flexibility index (Phi) is 3.83. The third-order valence-corrected chi connectivity index (χ3v) is 3.85. The minimum absolute atomic E-state index is 0.0689. The number of hydrogen-bond donors (Lipinski definition) is 1. The van der Waals surface area contributed by atoms with Gasteiger partial charge in [-0.2, -0.15) is 17.9 Å². The van der Waals surface area contributed by atoms with Gasteiger partial charge in [0.05, 0.1) is 11.6 Å². The van der Waals surface area contributed by atoms with Crippen LogP contribution in [0.25, 0.3) is 15.9 Å². The van der Waals surface area contributed by atoms with Gasteiger partial charge < -0.3 is 9.83 Å². The lowest BCUT2D eigenvalue weighted by molar-refractivity contribution is -0.137. The molecule has 0 aliphatic heterocycles. The van der Waals surface area contributed by atoms with E-state index in [1.54, 1.807) is 13.8 Å². The number of fused-ring (bicyclic) bond motifs is 1. The van der Waals surface area contributed by atoms with Crippen LogP contribution in [-0.4, -0.2) is 19.7 Å². The van der Waals surface area contributed by atoms with E-state index in [4.69, 9.17) is 6.57 Å². The number of aromatic amines is 1. The molecule has 0 radical (unpaired) electrons. The van der Waals surface area contributed by atoms with Crippen LogP contribution in [0.2, 0.25) is 0 Å². The summed E-state index contributed by atoms with van der Waals surface area (Å²) in [5.41, 5.74) is -0.450. The van der Waals surface area contributed by atoms with E-state index in [1.165, 1.54) is 16.8 Å². The van der Waals surface area contributed by atoms with Crippen LogP contribution in [0.5, 0.6) is 0 Å². The number of alkyl halides is 3. The molecule has 0 spiro atoms. The minimum Gasteiger partial charge on any atom is -0.358 e. The molecule has 0 aliphatic carbocycles. The normalized spacial score (nSPS) is 13.0. The van der Waals surface area contributed by atoms with Gasteiger partial charge in [-0.1, -0.05) is 18.7 Å². The van der Waals surface area contributed by atoms with Gasteiger partial charge in [-0.15, -0.1) is 0 Å². The maximum absolute atomic E-state index is 12.7. The first-order valence-electron chi connectivity index (χ1n) is 7.26. The van der Waals surface area contributed by atoms with Gasteiger partial charge in [-0.05, 0) is 36.6 Å². The first kappa shape index (κ1) is 16.7. The Morgan fingerprint density at radius 2 is 1.92 bits per heavy atom. The molecule has 0 saturated heterocycles. The second kappa shape index (κ2) is 5.73. The molecule has 1 atom stereocenters. The summed E-state index contributed by atoms with van der Waals surface area (Å²) < 4.78 is 39.5. The summed E-state index contributed by atoms with van der Waals surface area (Å²) in [5.74, 6) is 0.261. The molecule has 0 aliphatic rings. The highest BCUT2D eigenvalue weighted by Gasteiger charge is 2.30. The van der Waals surface area contributed by atoms with E-state index >= 15 is 0 Å². The fraction of sp³-hybridized carbons (Fsp3) is 0.250. The molecule has 2 aromatic heterocycles. The van der Waals surface area contributed by atoms with Gasteiger partial charge in [0.15, 0.2) is 5.65 Å². The highest BCUT2D eigenvalue weighted by atomic mass is 19.4. The predicted octanol–water partition coefficient (Wildman–Crippen LogP) is 3.61. The molecule has 0 saturated carbocycles. The van der Waals surface area contributed by atoms with Crippen LogP contribution in [0.3, 0.4) is 0 Å². The number of H-pyrrole nitrogens is 1. The molecule has 3 rings (SSSR count). The summed E-state index contributed by atoms with van der Waals surface area (Å²) in [5, 5.41) is 4.18. The second-order valence-corrected chi connectivity index (χ2v) is 5.53. The molecule has 9 heteroatoms. The van der Waals surface area contributed by atoms with E-state index in [2.05, 4.69) is 19.9 Å². The van der Waals surface area contributed by atoms with Gasteiger partial charge in [0, 0.05) is 0 Å². The summed E-state index contributed by atoms with van der Waals surface area (Å²) in [7, 11) is 0. The highest BCUT2D eigenvalue weighted by Crippen LogP contribution is 2.31. The Hall–Kier alpha value is -3.15. The summed E-state index contributed by atoms with van der Waals surface area (Å²) in [4.78, 5) is 22.1. The first-order chi connectivity index (χ1) is 11.7. The van der Waals surface area contributed by atoms with Crippen LogP contribution < -0.4 is 5.56 Å². The minimum atomic E-state index is -4.41. The molecular weight excluding hydrogens is 335 g/mol. The molecule has 1 N–H and O–H groups in total. The van der Waals surface area contributed by atoms with Crippen molar-refractivity contribution in [3.8, 4) is 0 Å². The van der Waals surface area contributed by atoms with Crippen molar-refractivity contribution >= 4 is 16.9 Å². The molecule has 128 valence electrons. The van der Waals surface area contributed by atoms with Gasteiger partial charge in [0.25, 0.3) is 5.56 Å². The van der Waals surface area contributed by atoms with Crippen molar-refractivity contribution in [1.29, 1.82) is 0 Å². The first-order valence-corrected chi connectivity index (χ1v) is 7.26. The zero-order chi connectivity index (χ0) is 18.4. The predicted molar refractivity (Wildman–Crippen MR) is 84.4 cm³/mol. The molecule has 0 fully saturated rings. The zero-order valence-electron chi connectivity index (χ0n) is 13.2. The largest absolute Gasteiger partial charge is 0.416 e. The Balaban J connectivity index is 2.13. The van der Waals surface area contributed by atoms with Crippen LogP contribution in [0, 0.1) is 13.5 Å². The van der Waals surface area contributed by atoms with Gasteiger partial charge in [-0.3, -0.25) is 4.79 Å². The molecule has 3 aromatic rings. The molecule has 0 unspecified atom stereocenters. The molecule has 2 heterocycles. The van der Waals surface area contributed by atoms with E-state index in [-0.39, 0.29) is 16.9 Å². The monoisotopic (exact) mass is 347 g/mol. The van der Waals surface area contributed by atoms with Gasteiger partial charge in [0.2, 0.25) is 0 Å². The number of aromatic nitrogens is 4. The SMILES string of the molecule is [C-]#[N+]c1nn([C@H](C)c2ccc(C(F)(F)F)cc2)c2nc(C)[nH]c(=O)c12. The third kappa shape index (κ3) is 2.87. The van der Waals surface area contributed by atoms with Crippen molar-refractivity contribution < 1.29 is 13.2 Å². The molecule has 6 nitrogen and oxygen atoms in total. The number of nitrogens with one attached hydrogen (secondary N) is 1. The van der Waals surface area contributed by atoms with Crippen molar-refractivity contribution in [2.45, 2.75) is 26.1 Å². The maximum atomic E-state index is 12.7. The quantitative estimate of drug-likeness (QED) is 0.720. The van der Waals surface area contributed by atoms with E-state index in [0.29, 0.717) is 11.4 Å². The Morgan fingerprint density at radius 1 is 1.28 bits per heavy atom. The van der Waals surface area contributed by atoms with Crippen molar-refractivity contribution in [2.75, 3.05) is 0 Å². The van der Waals surface area contributed by atoms with Gasteiger partial charge in [-0.25, -0.2) is 4.98 Å². The van der Waals surface area contributed by atoms with Crippen LogP contribution in [0.15, 0.2) is 29.1 Å². The zero-order valence-corrected chi connectivity index (χ0v) is 13.2. The fourth-order valence-corrected chi connectivity index (χ4v) is 2.58. The van der Waals surface area contributed by atoms with Crippen molar-refractivity contribution in [3.63, 3.8) is 0 Å². The fourth-order valence-electron chi connectivity index (χ4n) is 2.58. The van der Waals surface area contributed by atoms with Crippen LogP contribution in [0.1, 0.15) is 29.9 Å². The van der Waals surface area contributed by atoms with E-state index in [1.807, 2.05) is 0 Å². The number of hydrogen-bond acceptors (Lipinski definition) is 3. The van der Waals surface area contributed by atoms with E-state index < -0.39 is 23.3 Å². The maximum Gasteiger partial charge on any atom is 0.416 e. The average molecular weight is 347 g/mol. The number of halogens is 3. The molecule has 1 aromatic carbocycles. The molecule has 0 bridgehead atoms. The van der Waals surface area contributed by atoms with Gasteiger partial charge >= 0.3 is 12.0 Å². The van der Waals surface area contributed by atoms with E-state index in [0.717, 1.165) is 12.1 Å². The third-order valence-electron chi connectivity index (χ3n) is 3.85. The summed E-state index contributed by atoms with van der Waals surface area (Å²) in [6, 6.07) is 4.16. The summed E-state index contributed by atoms with van der Waals surface area (Å²) >= 11 is 0. The van der Waals surface area contributed by atoms with Crippen LogP contribution in [0.4, 0.5) is 19.0 Å². The van der Waals surface area contributed by atoms with Crippen molar-refractivity contribution in [3.05, 3.63) is 63.0 Å². The lowest BCUT2D eigenvalue weighted by Gasteiger charge is -2.12. The van der Waals surface area contributed by atoms with Crippen LogP contribution in [-0.2, 0) is 6.18 Å². The summed E-state index contributed by atoms with van der Waals surface area (Å²) in [6.07, 6.45) is -4.41. The van der Waals surface area contributed by atoms with Crippen molar-refractivity contribution in [1.82, 2.24) is 19.7 Å². The highest BCUT2D eigenvalue weighted by molar-refractivity contribution is 5.87. The standard InChI is InChI=1S/C16H12F3N5O/c1-8(10-4-6-11(7-5-10)16(17,18)19)24-14-12(13(20-3)23-24)15(25)22-9(2)21-14/h4-8H,1-2H3,(H,21,22,25)/t8-/m1/s1. The van der Waals surface area contributed by atoms with Crippen LogP contribution >= 0.6 is 0 Å². The lowest BCUT2D eigenvalue weighted by Crippen LogP contribution is -2.13. The number of benzene rings is 1. The molecular formula is C16H12F3N5O. The number of nitrogens with zero attached hydrogens (tertiary/aromatic N) is 4. The van der Waals surface area contributed by atoms with Gasteiger partial charge in [0.1, 0.15) is 11.2 Å². The number of aryl methyl sites for hydroxylation is 1. The summed E-state index contributed by atoms with van der Waals surface area (Å²) in [6.45, 7) is 10.5. The average Bonchev–Trinajstić information content (AvgIpc) is 2.92. The Morgan fingerprint density at radius 3 is 2.48 bits per heavy atom. The molecule has 25 heavy (non-hydrogen) atoms. The van der Waals surface area contributed by atoms with E-state index in [9.17, 15) is 18.0 Å².